The maximum absolute atomic E-state index is 5.98. The van der Waals surface area contributed by atoms with Gasteiger partial charge in [-0.3, -0.25) is 0 Å². The molecule has 1 atom stereocenters. The second-order valence-electron chi connectivity index (χ2n) is 6.38. The Morgan fingerprint density at radius 2 is 2.14 bits per heavy atom. The third-order valence-corrected chi connectivity index (χ3v) is 3.48. The van der Waals surface area contributed by atoms with Gasteiger partial charge in [-0.2, -0.15) is 0 Å². The molecule has 1 saturated heterocycles. The van der Waals surface area contributed by atoms with E-state index in [1.54, 1.807) is 0 Å². The van der Waals surface area contributed by atoms with Crippen molar-refractivity contribution in [1.82, 2.24) is 9.97 Å². The summed E-state index contributed by atoms with van der Waals surface area (Å²) >= 11 is 0. The van der Waals surface area contributed by atoms with Crippen LogP contribution in [0.25, 0.3) is 0 Å². The molecule has 0 spiro atoms. The predicted molar refractivity (Wildman–Crippen MR) is 87.0 cm³/mol. The number of aryl methyl sites for hydroxylation is 1. The summed E-state index contributed by atoms with van der Waals surface area (Å²) in [5.74, 6) is 2.85. The maximum Gasteiger partial charge on any atom is 0.134 e. The molecule has 5 heteroatoms. The summed E-state index contributed by atoms with van der Waals surface area (Å²) in [6, 6.07) is 2.05. The first kappa shape index (κ1) is 16.0. The monoisotopic (exact) mass is 292 g/mol. The van der Waals surface area contributed by atoms with Crippen LogP contribution in [0.1, 0.15) is 46.9 Å². The Morgan fingerprint density at radius 3 is 2.76 bits per heavy atom. The van der Waals surface area contributed by atoms with Gasteiger partial charge in [-0.1, -0.05) is 6.92 Å². The zero-order chi connectivity index (χ0) is 15.5. The molecule has 118 valence electrons. The van der Waals surface area contributed by atoms with Crippen LogP contribution in [-0.4, -0.2) is 41.3 Å². The largest absolute Gasteiger partial charge is 0.370 e. The van der Waals surface area contributed by atoms with Crippen LogP contribution in [0.5, 0.6) is 0 Å². The van der Waals surface area contributed by atoms with Crippen molar-refractivity contribution in [3.8, 4) is 0 Å². The van der Waals surface area contributed by atoms with Gasteiger partial charge >= 0.3 is 0 Å². The number of hydrogen-bond donors (Lipinski definition) is 1. The lowest BCUT2D eigenvalue weighted by Crippen LogP contribution is -2.52. The van der Waals surface area contributed by atoms with E-state index >= 15 is 0 Å². The molecule has 1 aromatic heterocycles. The van der Waals surface area contributed by atoms with E-state index in [0.29, 0.717) is 0 Å². The van der Waals surface area contributed by atoms with Crippen LogP contribution >= 0.6 is 0 Å². The number of morpholine rings is 1. The van der Waals surface area contributed by atoms with Gasteiger partial charge in [0.2, 0.25) is 0 Å². The van der Waals surface area contributed by atoms with Crippen LogP contribution in [0.15, 0.2) is 6.07 Å². The minimum Gasteiger partial charge on any atom is -0.370 e. The fourth-order valence-electron chi connectivity index (χ4n) is 2.88. The summed E-state index contributed by atoms with van der Waals surface area (Å²) in [5, 5.41) is 3.31. The summed E-state index contributed by atoms with van der Waals surface area (Å²) < 4.78 is 5.98. The first-order valence-electron chi connectivity index (χ1n) is 7.98. The molecule has 1 aromatic rings. The smallest absolute Gasteiger partial charge is 0.134 e. The lowest BCUT2D eigenvalue weighted by molar-refractivity contribution is -0.0751. The molecule has 0 bridgehead atoms. The van der Waals surface area contributed by atoms with Crippen LogP contribution in [-0.2, 0) is 11.2 Å². The van der Waals surface area contributed by atoms with E-state index < -0.39 is 0 Å². The summed E-state index contributed by atoms with van der Waals surface area (Å²) in [4.78, 5) is 11.6. The predicted octanol–water partition coefficient (Wildman–Crippen LogP) is 2.86. The Balaban J connectivity index is 2.28. The van der Waals surface area contributed by atoms with Crippen molar-refractivity contribution in [2.75, 3.05) is 29.9 Å². The molecule has 0 aliphatic carbocycles. The molecule has 0 radical (unpaired) electrons. The normalized spacial score (nSPS) is 21.4. The molecule has 1 N–H and O–H groups in total. The highest BCUT2D eigenvalue weighted by molar-refractivity contribution is 5.50. The second-order valence-corrected chi connectivity index (χ2v) is 6.38. The number of nitrogens with one attached hydrogen (secondary N) is 1. The van der Waals surface area contributed by atoms with Gasteiger partial charge in [0.15, 0.2) is 0 Å². The summed E-state index contributed by atoms with van der Waals surface area (Å²) in [5.41, 5.74) is -0.147. The molecule has 5 nitrogen and oxygen atoms in total. The van der Waals surface area contributed by atoms with Crippen molar-refractivity contribution >= 4 is 11.6 Å². The SMILES string of the molecule is CCCc1nc(NCC)cc(N2CC(C)OC(C)(C)C2)n1. The first-order valence-corrected chi connectivity index (χ1v) is 7.98. The number of rotatable bonds is 5. The highest BCUT2D eigenvalue weighted by Crippen LogP contribution is 2.26. The van der Waals surface area contributed by atoms with Crippen molar-refractivity contribution in [2.45, 2.75) is 59.2 Å². The van der Waals surface area contributed by atoms with E-state index in [-0.39, 0.29) is 11.7 Å². The van der Waals surface area contributed by atoms with E-state index in [1.165, 1.54) is 0 Å². The van der Waals surface area contributed by atoms with Gasteiger partial charge in [-0.15, -0.1) is 0 Å². The van der Waals surface area contributed by atoms with E-state index in [1.807, 2.05) is 0 Å². The average molecular weight is 292 g/mol. The second kappa shape index (κ2) is 6.60. The van der Waals surface area contributed by atoms with E-state index in [9.17, 15) is 0 Å². The average Bonchev–Trinajstić information content (AvgIpc) is 2.37. The van der Waals surface area contributed by atoms with E-state index in [2.05, 4.69) is 55.9 Å². The van der Waals surface area contributed by atoms with Crippen LogP contribution in [0.2, 0.25) is 0 Å². The fourth-order valence-corrected chi connectivity index (χ4v) is 2.88. The lowest BCUT2D eigenvalue weighted by Gasteiger charge is -2.42. The first-order chi connectivity index (χ1) is 9.93. The minimum atomic E-state index is -0.147. The molecule has 2 heterocycles. The molecule has 1 fully saturated rings. The number of nitrogens with zero attached hydrogens (tertiary/aromatic N) is 3. The third kappa shape index (κ3) is 4.30. The van der Waals surface area contributed by atoms with Gasteiger partial charge in [0.1, 0.15) is 17.5 Å². The molecule has 2 rings (SSSR count). The van der Waals surface area contributed by atoms with Crippen LogP contribution < -0.4 is 10.2 Å². The molecular weight excluding hydrogens is 264 g/mol. The number of aromatic nitrogens is 2. The zero-order valence-corrected chi connectivity index (χ0v) is 13.9. The van der Waals surface area contributed by atoms with Crippen LogP contribution in [0.3, 0.4) is 0 Å². The molecular formula is C16H28N4O. The summed E-state index contributed by atoms with van der Waals surface area (Å²) in [7, 11) is 0. The Bertz CT molecular complexity index is 451. The summed E-state index contributed by atoms with van der Waals surface area (Å²) in [6.07, 6.45) is 2.18. The molecule has 0 amide bonds. The molecule has 1 aliphatic heterocycles. The van der Waals surface area contributed by atoms with Gasteiger partial charge in [0, 0.05) is 32.1 Å². The molecule has 1 aliphatic rings. The van der Waals surface area contributed by atoms with Gasteiger partial charge in [-0.05, 0) is 34.1 Å². The van der Waals surface area contributed by atoms with Crippen molar-refractivity contribution in [1.29, 1.82) is 0 Å². The topological polar surface area (TPSA) is 50.3 Å². The van der Waals surface area contributed by atoms with Gasteiger partial charge < -0.3 is 15.0 Å². The van der Waals surface area contributed by atoms with E-state index in [0.717, 1.165) is 49.9 Å². The van der Waals surface area contributed by atoms with Gasteiger partial charge in [0.25, 0.3) is 0 Å². The zero-order valence-electron chi connectivity index (χ0n) is 13.9. The Morgan fingerprint density at radius 1 is 1.38 bits per heavy atom. The number of anilines is 2. The van der Waals surface area contributed by atoms with Crippen molar-refractivity contribution in [3.05, 3.63) is 11.9 Å². The van der Waals surface area contributed by atoms with Gasteiger partial charge in [-0.25, -0.2) is 9.97 Å². The van der Waals surface area contributed by atoms with Crippen molar-refractivity contribution in [2.24, 2.45) is 0 Å². The number of hydrogen-bond acceptors (Lipinski definition) is 5. The minimum absolute atomic E-state index is 0.147. The maximum atomic E-state index is 5.98. The molecule has 1 unspecified atom stereocenters. The number of ether oxygens (including phenoxy) is 1. The van der Waals surface area contributed by atoms with E-state index in [4.69, 9.17) is 9.72 Å². The van der Waals surface area contributed by atoms with Crippen LogP contribution in [0, 0.1) is 0 Å². The Kier molecular flexibility index (Phi) is 5.04. The summed E-state index contributed by atoms with van der Waals surface area (Å²) in [6.45, 7) is 13.2. The lowest BCUT2D eigenvalue weighted by atomic mass is 10.1. The fraction of sp³-hybridized carbons (Fsp3) is 0.750. The third-order valence-electron chi connectivity index (χ3n) is 3.48. The molecule has 0 saturated carbocycles. The Hall–Kier alpha value is -1.36. The molecule has 0 aromatic carbocycles. The Labute approximate surface area is 128 Å². The quantitative estimate of drug-likeness (QED) is 0.904. The van der Waals surface area contributed by atoms with Crippen LogP contribution in [0.4, 0.5) is 11.6 Å². The highest BCUT2D eigenvalue weighted by Gasteiger charge is 2.32. The van der Waals surface area contributed by atoms with Crippen molar-refractivity contribution in [3.63, 3.8) is 0 Å². The highest BCUT2D eigenvalue weighted by atomic mass is 16.5. The standard InChI is InChI=1S/C16H28N4O/c1-6-8-13-18-14(17-7-2)9-15(19-13)20-10-12(3)21-16(4,5)11-20/h9,12H,6-8,10-11H2,1-5H3,(H,17,18,19). The van der Waals surface area contributed by atoms with Gasteiger partial charge in [0.05, 0.1) is 11.7 Å². The van der Waals surface area contributed by atoms with Crippen molar-refractivity contribution < 1.29 is 4.74 Å². The molecule has 21 heavy (non-hydrogen) atoms.